The van der Waals surface area contributed by atoms with Gasteiger partial charge in [0.05, 0.1) is 11.3 Å². The molecule has 2 N–H and O–H groups in total. The number of nitriles is 1. The van der Waals surface area contributed by atoms with Gasteiger partial charge in [-0.25, -0.2) is 9.89 Å². The smallest absolute Gasteiger partial charge is 0.310 e. The predicted octanol–water partition coefficient (Wildman–Crippen LogP) is 3.38. The second kappa shape index (κ2) is 9.50. The van der Waals surface area contributed by atoms with Crippen molar-refractivity contribution in [3.63, 3.8) is 0 Å². The van der Waals surface area contributed by atoms with Gasteiger partial charge in [-0.05, 0) is 38.0 Å². The third kappa shape index (κ3) is 4.33. The van der Waals surface area contributed by atoms with Gasteiger partial charge in [0.1, 0.15) is 11.9 Å². The van der Waals surface area contributed by atoms with E-state index >= 15 is 0 Å². The van der Waals surface area contributed by atoms with E-state index in [1.807, 2.05) is 55.7 Å². The summed E-state index contributed by atoms with van der Waals surface area (Å²) in [6.45, 7) is 6.39. The summed E-state index contributed by atoms with van der Waals surface area (Å²) in [5.41, 5.74) is 2.74. The molecule has 0 aliphatic carbocycles. The highest BCUT2D eigenvalue weighted by Crippen LogP contribution is 2.30. The molecule has 0 aliphatic rings. The molecule has 30 heavy (non-hydrogen) atoms. The van der Waals surface area contributed by atoms with Gasteiger partial charge in [-0.2, -0.15) is 5.26 Å². The van der Waals surface area contributed by atoms with Gasteiger partial charge in [0, 0.05) is 17.9 Å². The molecule has 0 aliphatic heterocycles. The average molecular weight is 425 g/mol. The second-order valence-corrected chi connectivity index (χ2v) is 7.81. The number of para-hydroxylation sites is 1. The summed E-state index contributed by atoms with van der Waals surface area (Å²) in [7, 11) is 0. The number of amides is 1. The van der Waals surface area contributed by atoms with Crippen LogP contribution in [0.15, 0.2) is 40.3 Å². The van der Waals surface area contributed by atoms with E-state index in [2.05, 4.69) is 21.6 Å². The molecular weight excluding hydrogens is 400 g/mol. The zero-order valence-electron chi connectivity index (χ0n) is 17.2. The Morgan fingerprint density at radius 3 is 2.70 bits per heavy atom. The molecule has 3 aromatic rings. The molecule has 0 bridgehead atoms. The minimum atomic E-state index is -0.276. The Balaban J connectivity index is 1.82. The van der Waals surface area contributed by atoms with Crippen molar-refractivity contribution in [2.45, 2.75) is 45.3 Å². The van der Waals surface area contributed by atoms with Crippen LogP contribution in [0.1, 0.15) is 36.6 Å². The molecule has 156 valence electrons. The lowest BCUT2D eigenvalue weighted by Gasteiger charge is -2.13. The van der Waals surface area contributed by atoms with Gasteiger partial charge in [0.25, 0.3) is 0 Å². The van der Waals surface area contributed by atoms with Crippen molar-refractivity contribution < 1.29 is 4.79 Å². The summed E-state index contributed by atoms with van der Waals surface area (Å²) in [5.74, 6) is 0.248. The normalized spacial score (nSPS) is 10.7. The van der Waals surface area contributed by atoms with Crippen molar-refractivity contribution >= 4 is 23.5 Å². The maximum atomic E-state index is 12.7. The molecule has 0 fully saturated rings. The van der Waals surface area contributed by atoms with Crippen molar-refractivity contribution in [1.82, 2.24) is 19.3 Å². The SMILES string of the molecule is CCCCn1c(SCC(=O)Nc2c(C#N)c(C)c(C)n2-c2ccccc2)n[nH]c1=O. The van der Waals surface area contributed by atoms with E-state index in [1.54, 1.807) is 4.57 Å². The van der Waals surface area contributed by atoms with E-state index in [1.165, 1.54) is 11.8 Å². The van der Waals surface area contributed by atoms with Crippen LogP contribution in [-0.4, -0.2) is 31.0 Å². The summed E-state index contributed by atoms with van der Waals surface area (Å²) < 4.78 is 3.42. The Kier molecular flexibility index (Phi) is 6.79. The van der Waals surface area contributed by atoms with E-state index in [0.717, 1.165) is 29.8 Å². The highest BCUT2D eigenvalue weighted by atomic mass is 32.2. The van der Waals surface area contributed by atoms with Crippen LogP contribution >= 0.6 is 11.8 Å². The number of H-pyrrole nitrogens is 1. The van der Waals surface area contributed by atoms with Gasteiger partial charge in [-0.3, -0.25) is 13.9 Å². The Labute approximate surface area is 178 Å². The highest BCUT2D eigenvalue weighted by Gasteiger charge is 2.21. The van der Waals surface area contributed by atoms with Crippen LogP contribution in [-0.2, 0) is 11.3 Å². The van der Waals surface area contributed by atoms with Crippen LogP contribution in [0.3, 0.4) is 0 Å². The van der Waals surface area contributed by atoms with Gasteiger partial charge >= 0.3 is 5.69 Å². The zero-order chi connectivity index (χ0) is 21.7. The van der Waals surface area contributed by atoms with Crippen molar-refractivity contribution in [2.24, 2.45) is 0 Å². The Hall–Kier alpha value is -3.25. The third-order valence-corrected chi connectivity index (χ3v) is 5.86. The second-order valence-electron chi connectivity index (χ2n) is 6.87. The quantitative estimate of drug-likeness (QED) is 0.539. The Morgan fingerprint density at radius 1 is 1.30 bits per heavy atom. The van der Waals surface area contributed by atoms with Gasteiger partial charge in [0.15, 0.2) is 5.16 Å². The number of nitrogens with one attached hydrogen (secondary N) is 2. The average Bonchev–Trinajstić information content (AvgIpc) is 3.21. The lowest BCUT2D eigenvalue weighted by Crippen LogP contribution is -2.20. The summed E-state index contributed by atoms with van der Waals surface area (Å²) in [4.78, 5) is 24.6. The van der Waals surface area contributed by atoms with E-state index in [9.17, 15) is 14.9 Å². The fourth-order valence-electron chi connectivity index (χ4n) is 3.19. The van der Waals surface area contributed by atoms with Crippen LogP contribution in [0.2, 0.25) is 0 Å². The molecule has 1 aromatic carbocycles. The number of aromatic nitrogens is 4. The number of unbranched alkanes of at least 4 members (excludes halogenated alkanes) is 1. The molecule has 2 heterocycles. The van der Waals surface area contributed by atoms with Crippen molar-refractivity contribution in [1.29, 1.82) is 5.26 Å². The number of benzene rings is 1. The molecular formula is C21H24N6O2S. The first-order valence-corrected chi connectivity index (χ1v) is 10.7. The maximum Gasteiger partial charge on any atom is 0.343 e. The molecule has 9 heteroatoms. The molecule has 1 amide bonds. The minimum absolute atomic E-state index is 0.0688. The molecule has 0 saturated carbocycles. The Morgan fingerprint density at radius 2 is 2.03 bits per heavy atom. The number of carbonyl (C=O) groups excluding carboxylic acids is 1. The van der Waals surface area contributed by atoms with Crippen molar-refractivity contribution in [3.8, 4) is 11.8 Å². The van der Waals surface area contributed by atoms with E-state index < -0.39 is 0 Å². The molecule has 2 aromatic heterocycles. The number of carbonyl (C=O) groups is 1. The molecule has 3 rings (SSSR count). The van der Waals surface area contributed by atoms with Crippen LogP contribution < -0.4 is 11.0 Å². The highest BCUT2D eigenvalue weighted by molar-refractivity contribution is 7.99. The Bertz CT molecular complexity index is 1140. The van der Waals surface area contributed by atoms with E-state index in [-0.39, 0.29) is 17.3 Å². The lowest BCUT2D eigenvalue weighted by molar-refractivity contribution is -0.113. The van der Waals surface area contributed by atoms with Crippen LogP contribution in [0.4, 0.5) is 5.82 Å². The van der Waals surface area contributed by atoms with Crippen LogP contribution in [0, 0.1) is 25.2 Å². The lowest BCUT2D eigenvalue weighted by atomic mass is 10.2. The predicted molar refractivity (Wildman–Crippen MR) is 117 cm³/mol. The number of hydrogen-bond donors (Lipinski definition) is 2. The number of anilines is 1. The molecule has 0 spiro atoms. The fourth-order valence-corrected chi connectivity index (χ4v) is 3.96. The first-order valence-electron chi connectivity index (χ1n) is 9.73. The van der Waals surface area contributed by atoms with Crippen LogP contribution in [0.5, 0.6) is 0 Å². The van der Waals surface area contributed by atoms with Gasteiger partial charge in [-0.15, -0.1) is 5.10 Å². The zero-order valence-corrected chi connectivity index (χ0v) is 18.0. The number of thioether (sulfide) groups is 1. The van der Waals surface area contributed by atoms with Crippen molar-refractivity contribution in [2.75, 3.05) is 11.1 Å². The summed E-state index contributed by atoms with van der Waals surface area (Å²) in [5, 5.41) is 19.5. The number of rotatable bonds is 8. The monoisotopic (exact) mass is 424 g/mol. The van der Waals surface area contributed by atoms with Crippen LogP contribution in [0.25, 0.3) is 5.69 Å². The topological polar surface area (TPSA) is 108 Å². The molecule has 0 saturated heterocycles. The van der Waals surface area contributed by atoms with Crippen molar-refractivity contribution in [3.05, 3.63) is 57.6 Å². The van der Waals surface area contributed by atoms with Gasteiger partial charge in [0.2, 0.25) is 5.91 Å². The number of hydrogen-bond acceptors (Lipinski definition) is 5. The van der Waals surface area contributed by atoms with Gasteiger partial charge in [-0.1, -0.05) is 43.3 Å². The van der Waals surface area contributed by atoms with E-state index in [0.29, 0.717) is 23.1 Å². The minimum Gasteiger partial charge on any atom is -0.310 e. The summed E-state index contributed by atoms with van der Waals surface area (Å²) >= 11 is 1.19. The summed E-state index contributed by atoms with van der Waals surface area (Å²) in [6, 6.07) is 11.8. The third-order valence-electron chi connectivity index (χ3n) is 4.89. The molecule has 0 unspecified atom stereocenters. The summed E-state index contributed by atoms with van der Waals surface area (Å²) in [6.07, 6.45) is 1.81. The molecule has 0 radical (unpaired) electrons. The molecule has 8 nitrogen and oxygen atoms in total. The molecule has 0 atom stereocenters. The number of nitrogens with zero attached hydrogens (tertiary/aromatic N) is 4. The number of aromatic amines is 1. The first-order chi connectivity index (χ1) is 14.5. The first kappa shape index (κ1) is 21.5. The van der Waals surface area contributed by atoms with E-state index in [4.69, 9.17) is 0 Å². The standard InChI is InChI=1S/C21H24N6O2S/c1-4-5-11-26-20(29)24-25-21(26)30-13-18(28)23-19-17(12-22)14(2)15(3)27(19)16-9-7-6-8-10-16/h6-10H,4-5,11,13H2,1-3H3,(H,23,28)(H,24,29). The maximum absolute atomic E-state index is 12.7. The van der Waals surface area contributed by atoms with Gasteiger partial charge < -0.3 is 5.32 Å². The largest absolute Gasteiger partial charge is 0.343 e. The fraction of sp³-hybridized carbons (Fsp3) is 0.333.